The highest BCUT2D eigenvalue weighted by atomic mass is 16.6. The summed E-state index contributed by atoms with van der Waals surface area (Å²) in [5, 5.41) is 12.0. The molecule has 0 unspecified atom stereocenters. The number of rotatable bonds is 2. The zero-order chi connectivity index (χ0) is 19.0. The third-order valence-corrected chi connectivity index (χ3v) is 3.25. The standard InChI is InChI=1S/C15H19NO4.2C2H6/c1-14(2,3)20-13(19)16-15(12(17)18)8-10-6-4-5-7-11(10)9-15;2*1-2/h4-7H,8-9H2,1-3H3,(H,16,19)(H,17,18);2*1-2H3. The summed E-state index contributed by atoms with van der Waals surface area (Å²) in [4.78, 5) is 23.5. The minimum Gasteiger partial charge on any atom is -0.479 e. The molecule has 136 valence electrons. The molecule has 0 aliphatic heterocycles. The first kappa shape index (κ1) is 22.0. The van der Waals surface area contributed by atoms with E-state index in [4.69, 9.17) is 4.74 Å². The van der Waals surface area contributed by atoms with E-state index in [1.165, 1.54) is 0 Å². The van der Waals surface area contributed by atoms with Crippen molar-refractivity contribution >= 4 is 12.1 Å². The molecule has 2 rings (SSSR count). The van der Waals surface area contributed by atoms with Gasteiger partial charge in [0, 0.05) is 12.8 Å². The summed E-state index contributed by atoms with van der Waals surface area (Å²) in [6.07, 6.45) is -0.150. The van der Waals surface area contributed by atoms with Gasteiger partial charge in [0.05, 0.1) is 0 Å². The van der Waals surface area contributed by atoms with Crippen LogP contribution in [0.2, 0.25) is 0 Å². The van der Waals surface area contributed by atoms with Gasteiger partial charge in [-0.15, -0.1) is 0 Å². The van der Waals surface area contributed by atoms with Crippen LogP contribution in [0, 0.1) is 0 Å². The van der Waals surface area contributed by atoms with Gasteiger partial charge < -0.3 is 15.2 Å². The molecule has 0 saturated heterocycles. The summed E-state index contributed by atoms with van der Waals surface area (Å²) < 4.78 is 5.16. The van der Waals surface area contributed by atoms with Gasteiger partial charge in [0.2, 0.25) is 0 Å². The maximum atomic E-state index is 11.9. The number of carbonyl (C=O) groups is 2. The Morgan fingerprint density at radius 1 is 1.04 bits per heavy atom. The van der Waals surface area contributed by atoms with Gasteiger partial charge in [0.15, 0.2) is 0 Å². The molecule has 0 bridgehead atoms. The molecule has 24 heavy (non-hydrogen) atoms. The summed E-state index contributed by atoms with van der Waals surface area (Å²) >= 11 is 0. The second-order valence-electron chi connectivity index (χ2n) is 6.14. The SMILES string of the molecule is CC.CC.CC(C)(C)OC(=O)NC1(C(=O)O)Cc2ccccc2C1. The minimum absolute atomic E-state index is 0.276. The van der Waals surface area contributed by atoms with Crippen molar-refractivity contribution in [2.45, 2.75) is 72.4 Å². The van der Waals surface area contributed by atoms with Gasteiger partial charge in [-0.25, -0.2) is 9.59 Å². The lowest BCUT2D eigenvalue weighted by atomic mass is 9.96. The highest BCUT2D eigenvalue weighted by molar-refractivity contribution is 5.86. The normalized spacial score (nSPS) is 14.1. The van der Waals surface area contributed by atoms with E-state index in [2.05, 4.69) is 5.32 Å². The van der Waals surface area contributed by atoms with E-state index in [1.54, 1.807) is 20.8 Å². The van der Waals surface area contributed by atoms with E-state index in [9.17, 15) is 14.7 Å². The lowest BCUT2D eigenvalue weighted by Gasteiger charge is -2.28. The number of carbonyl (C=O) groups excluding carboxylic acids is 1. The van der Waals surface area contributed by atoms with Crippen LogP contribution in [-0.4, -0.2) is 28.3 Å². The van der Waals surface area contributed by atoms with Crippen molar-refractivity contribution in [2.75, 3.05) is 0 Å². The molecule has 0 heterocycles. The van der Waals surface area contributed by atoms with Crippen LogP contribution in [0.3, 0.4) is 0 Å². The van der Waals surface area contributed by atoms with Crippen LogP contribution in [0.1, 0.15) is 59.6 Å². The summed E-state index contributed by atoms with van der Waals surface area (Å²) in [5.74, 6) is -1.04. The zero-order valence-corrected chi connectivity index (χ0v) is 15.9. The van der Waals surface area contributed by atoms with Crippen molar-refractivity contribution < 1.29 is 19.4 Å². The Kier molecular flexibility index (Phi) is 8.51. The maximum absolute atomic E-state index is 11.9. The van der Waals surface area contributed by atoms with Crippen molar-refractivity contribution in [2.24, 2.45) is 0 Å². The average molecular weight is 337 g/mol. The average Bonchev–Trinajstić information content (AvgIpc) is 2.88. The van der Waals surface area contributed by atoms with Crippen molar-refractivity contribution in [1.82, 2.24) is 5.32 Å². The summed E-state index contributed by atoms with van der Waals surface area (Å²) in [7, 11) is 0. The van der Waals surface area contributed by atoms with Crippen LogP contribution < -0.4 is 5.32 Å². The molecule has 0 atom stereocenters. The van der Waals surface area contributed by atoms with Crippen molar-refractivity contribution in [3.63, 3.8) is 0 Å². The minimum atomic E-state index is -1.31. The largest absolute Gasteiger partial charge is 0.479 e. The highest BCUT2D eigenvalue weighted by Crippen LogP contribution is 2.30. The number of ether oxygens (including phenoxy) is 1. The topological polar surface area (TPSA) is 75.6 Å². The second kappa shape index (κ2) is 9.30. The molecule has 1 aromatic rings. The first-order valence-electron chi connectivity index (χ1n) is 8.53. The fraction of sp³-hybridized carbons (Fsp3) is 0.579. The van der Waals surface area contributed by atoms with E-state index >= 15 is 0 Å². The Morgan fingerprint density at radius 3 is 1.79 bits per heavy atom. The van der Waals surface area contributed by atoms with Gasteiger partial charge in [-0.2, -0.15) is 0 Å². The Morgan fingerprint density at radius 2 is 1.46 bits per heavy atom. The summed E-state index contributed by atoms with van der Waals surface area (Å²) in [5.41, 5.74) is -0.0711. The number of benzene rings is 1. The smallest absolute Gasteiger partial charge is 0.408 e. The Balaban J connectivity index is 0.00000123. The van der Waals surface area contributed by atoms with Gasteiger partial charge in [0.1, 0.15) is 11.1 Å². The number of carboxylic acid groups (broad SMARTS) is 1. The summed E-state index contributed by atoms with van der Waals surface area (Å²) in [6.45, 7) is 13.2. The van der Waals surface area contributed by atoms with E-state index in [0.717, 1.165) is 11.1 Å². The van der Waals surface area contributed by atoms with Crippen LogP contribution in [0.5, 0.6) is 0 Å². The van der Waals surface area contributed by atoms with Crippen LogP contribution in [0.25, 0.3) is 0 Å². The molecule has 0 spiro atoms. The highest BCUT2D eigenvalue weighted by Gasteiger charge is 2.46. The predicted molar refractivity (Wildman–Crippen MR) is 96.3 cm³/mol. The van der Waals surface area contributed by atoms with Crippen molar-refractivity contribution in [3.05, 3.63) is 35.4 Å². The second-order valence-corrected chi connectivity index (χ2v) is 6.14. The third kappa shape index (κ3) is 5.87. The quantitative estimate of drug-likeness (QED) is 0.848. The number of alkyl carbamates (subject to hydrolysis) is 1. The van der Waals surface area contributed by atoms with Crippen LogP contribution in [0.4, 0.5) is 4.79 Å². The Hall–Kier alpha value is -2.04. The zero-order valence-electron chi connectivity index (χ0n) is 15.9. The maximum Gasteiger partial charge on any atom is 0.408 e. The third-order valence-electron chi connectivity index (χ3n) is 3.25. The van der Waals surface area contributed by atoms with E-state index in [1.807, 2.05) is 52.0 Å². The first-order valence-corrected chi connectivity index (χ1v) is 8.53. The molecule has 1 aliphatic rings. The number of amides is 1. The molecule has 1 amide bonds. The number of nitrogens with one attached hydrogen (secondary N) is 1. The molecular weight excluding hydrogens is 306 g/mol. The number of fused-ring (bicyclic) bond motifs is 1. The van der Waals surface area contributed by atoms with Gasteiger partial charge in [-0.3, -0.25) is 0 Å². The first-order chi connectivity index (χ1) is 11.2. The van der Waals surface area contributed by atoms with Gasteiger partial charge in [-0.05, 0) is 31.9 Å². The van der Waals surface area contributed by atoms with E-state index in [-0.39, 0.29) is 12.8 Å². The molecule has 0 saturated carbocycles. The predicted octanol–water partition coefficient (Wildman–Crippen LogP) is 4.19. The fourth-order valence-corrected chi connectivity index (χ4v) is 2.41. The monoisotopic (exact) mass is 337 g/mol. The van der Waals surface area contributed by atoms with E-state index in [0.29, 0.717) is 0 Å². The molecule has 1 aromatic carbocycles. The Labute approximate surface area is 145 Å². The van der Waals surface area contributed by atoms with Crippen molar-refractivity contribution in [3.8, 4) is 0 Å². The van der Waals surface area contributed by atoms with Gasteiger partial charge in [0.25, 0.3) is 0 Å². The number of aliphatic carboxylic acids is 1. The molecule has 2 N–H and O–H groups in total. The molecular formula is C19H31NO4. The molecule has 0 aromatic heterocycles. The van der Waals surface area contributed by atoms with E-state index < -0.39 is 23.2 Å². The van der Waals surface area contributed by atoms with Gasteiger partial charge in [-0.1, -0.05) is 52.0 Å². The Bertz CT molecular complexity index is 522. The van der Waals surface area contributed by atoms with Gasteiger partial charge >= 0.3 is 12.1 Å². The van der Waals surface area contributed by atoms with Crippen LogP contribution in [-0.2, 0) is 22.4 Å². The lowest BCUT2D eigenvalue weighted by Crippen LogP contribution is -2.56. The van der Waals surface area contributed by atoms with Crippen LogP contribution >= 0.6 is 0 Å². The van der Waals surface area contributed by atoms with Crippen LogP contribution in [0.15, 0.2) is 24.3 Å². The lowest BCUT2D eigenvalue weighted by molar-refractivity contribution is -0.144. The number of carboxylic acids is 1. The fourth-order valence-electron chi connectivity index (χ4n) is 2.41. The van der Waals surface area contributed by atoms with Crippen molar-refractivity contribution in [1.29, 1.82) is 0 Å². The number of hydrogen-bond donors (Lipinski definition) is 2. The molecule has 1 aliphatic carbocycles. The summed E-state index contributed by atoms with van der Waals surface area (Å²) in [6, 6.07) is 7.50. The number of hydrogen-bond acceptors (Lipinski definition) is 3. The molecule has 0 fully saturated rings. The molecule has 5 heteroatoms. The molecule has 5 nitrogen and oxygen atoms in total. The molecule has 0 radical (unpaired) electrons.